The highest BCUT2D eigenvalue weighted by atomic mass is 16.4. The zero-order valence-electron chi connectivity index (χ0n) is 9.76. The van der Waals surface area contributed by atoms with E-state index in [-0.39, 0.29) is 12.2 Å². The Morgan fingerprint density at radius 3 is 2.88 bits per heavy atom. The van der Waals surface area contributed by atoms with Gasteiger partial charge in [-0.25, -0.2) is 9.78 Å². The number of aliphatic hydroxyl groups excluding tert-OH is 1. The molecule has 0 spiro atoms. The van der Waals surface area contributed by atoms with E-state index in [1.807, 2.05) is 0 Å². The fourth-order valence-electron chi connectivity index (χ4n) is 2.14. The van der Waals surface area contributed by atoms with Crippen LogP contribution in [0.15, 0.2) is 12.1 Å². The second-order valence-corrected chi connectivity index (χ2v) is 4.39. The maximum absolute atomic E-state index is 10.9. The third-order valence-corrected chi connectivity index (χ3v) is 3.17. The van der Waals surface area contributed by atoms with Gasteiger partial charge in [0.25, 0.3) is 0 Å². The molecular weight excluding hydrogens is 220 g/mol. The SMILES string of the molecule is Cc1nc(N2CCC(CO)C2)ccc1C(=O)O. The van der Waals surface area contributed by atoms with Gasteiger partial charge < -0.3 is 15.1 Å². The molecule has 1 aromatic heterocycles. The number of hydrogen-bond donors (Lipinski definition) is 2. The van der Waals surface area contributed by atoms with Gasteiger partial charge in [-0.2, -0.15) is 0 Å². The summed E-state index contributed by atoms with van der Waals surface area (Å²) in [4.78, 5) is 17.3. The van der Waals surface area contributed by atoms with Crippen LogP contribution in [0.3, 0.4) is 0 Å². The van der Waals surface area contributed by atoms with Gasteiger partial charge in [0.1, 0.15) is 5.82 Å². The van der Waals surface area contributed by atoms with Gasteiger partial charge in [0, 0.05) is 25.6 Å². The standard InChI is InChI=1S/C12H16N2O3/c1-8-10(12(16)17)2-3-11(13-8)14-5-4-9(6-14)7-15/h2-3,9,15H,4-7H2,1H3,(H,16,17). The zero-order valence-corrected chi connectivity index (χ0v) is 9.76. The van der Waals surface area contributed by atoms with Crippen LogP contribution in [0, 0.1) is 12.8 Å². The fraction of sp³-hybridized carbons (Fsp3) is 0.500. The number of aliphatic hydroxyl groups is 1. The van der Waals surface area contributed by atoms with E-state index in [4.69, 9.17) is 10.2 Å². The fourth-order valence-corrected chi connectivity index (χ4v) is 2.14. The molecule has 5 heteroatoms. The number of aromatic nitrogens is 1. The minimum absolute atomic E-state index is 0.197. The maximum atomic E-state index is 10.9. The second-order valence-electron chi connectivity index (χ2n) is 4.39. The smallest absolute Gasteiger partial charge is 0.337 e. The quantitative estimate of drug-likeness (QED) is 0.816. The predicted molar refractivity (Wildman–Crippen MR) is 63.3 cm³/mol. The first-order valence-electron chi connectivity index (χ1n) is 5.68. The molecule has 1 saturated heterocycles. The number of rotatable bonds is 3. The van der Waals surface area contributed by atoms with Crippen molar-refractivity contribution < 1.29 is 15.0 Å². The molecular formula is C12H16N2O3. The molecule has 1 fully saturated rings. The Bertz CT molecular complexity index is 434. The molecule has 2 rings (SSSR count). The molecule has 1 atom stereocenters. The van der Waals surface area contributed by atoms with Crippen molar-refractivity contribution in [1.29, 1.82) is 0 Å². The Balaban J connectivity index is 2.18. The zero-order chi connectivity index (χ0) is 12.4. The number of aromatic carboxylic acids is 1. The van der Waals surface area contributed by atoms with E-state index in [1.165, 1.54) is 0 Å². The number of carboxylic acids is 1. The van der Waals surface area contributed by atoms with E-state index in [9.17, 15) is 4.79 Å². The summed E-state index contributed by atoms with van der Waals surface area (Å²) in [6, 6.07) is 3.32. The summed E-state index contributed by atoms with van der Waals surface area (Å²) in [5.41, 5.74) is 0.772. The first-order chi connectivity index (χ1) is 8.11. The van der Waals surface area contributed by atoms with Crippen LogP contribution in [-0.2, 0) is 0 Å². The van der Waals surface area contributed by atoms with Crippen molar-refractivity contribution in [2.24, 2.45) is 5.92 Å². The van der Waals surface area contributed by atoms with E-state index in [0.717, 1.165) is 25.3 Å². The lowest BCUT2D eigenvalue weighted by Crippen LogP contribution is -2.22. The first kappa shape index (κ1) is 11.9. The molecule has 0 bridgehead atoms. The predicted octanol–water partition coefficient (Wildman–Crippen LogP) is 0.907. The number of anilines is 1. The van der Waals surface area contributed by atoms with Crippen LogP contribution in [0.5, 0.6) is 0 Å². The molecule has 92 valence electrons. The maximum Gasteiger partial charge on any atom is 0.337 e. The number of aryl methyl sites for hydroxylation is 1. The van der Waals surface area contributed by atoms with E-state index < -0.39 is 5.97 Å². The number of carbonyl (C=O) groups is 1. The number of nitrogens with zero attached hydrogens (tertiary/aromatic N) is 2. The topological polar surface area (TPSA) is 73.7 Å². The van der Waals surface area contributed by atoms with Gasteiger partial charge in [-0.15, -0.1) is 0 Å². The minimum Gasteiger partial charge on any atom is -0.478 e. The van der Waals surface area contributed by atoms with Crippen LogP contribution in [0.2, 0.25) is 0 Å². The van der Waals surface area contributed by atoms with E-state index >= 15 is 0 Å². The Labute approximate surface area is 99.7 Å². The lowest BCUT2D eigenvalue weighted by molar-refractivity contribution is 0.0695. The van der Waals surface area contributed by atoms with Crippen molar-refractivity contribution in [3.05, 3.63) is 23.4 Å². The molecule has 17 heavy (non-hydrogen) atoms. The van der Waals surface area contributed by atoms with Crippen LogP contribution in [-0.4, -0.2) is 40.9 Å². The number of carboxylic acid groups (broad SMARTS) is 1. The Kier molecular flexibility index (Phi) is 3.28. The Morgan fingerprint density at radius 2 is 2.35 bits per heavy atom. The van der Waals surface area contributed by atoms with Crippen molar-refractivity contribution in [3.63, 3.8) is 0 Å². The molecule has 1 unspecified atom stereocenters. The third kappa shape index (κ3) is 2.39. The molecule has 0 aromatic carbocycles. The lowest BCUT2D eigenvalue weighted by Gasteiger charge is -2.18. The van der Waals surface area contributed by atoms with Gasteiger partial charge in [0.15, 0.2) is 0 Å². The molecule has 0 saturated carbocycles. The van der Waals surface area contributed by atoms with Crippen LogP contribution in [0.1, 0.15) is 22.5 Å². The molecule has 1 aromatic rings. The largest absolute Gasteiger partial charge is 0.478 e. The van der Waals surface area contributed by atoms with E-state index in [2.05, 4.69) is 9.88 Å². The van der Waals surface area contributed by atoms with Crippen LogP contribution < -0.4 is 4.90 Å². The molecule has 2 heterocycles. The Morgan fingerprint density at radius 1 is 1.59 bits per heavy atom. The summed E-state index contributed by atoms with van der Waals surface area (Å²) in [5, 5.41) is 18.0. The van der Waals surface area contributed by atoms with Crippen LogP contribution in [0.25, 0.3) is 0 Å². The van der Waals surface area contributed by atoms with Crippen molar-refractivity contribution >= 4 is 11.8 Å². The van der Waals surface area contributed by atoms with Crippen molar-refractivity contribution in [2.75, 3.05) is 24.6 Å². The van der Waals surface area contributed by atoms with Crippen LogP contribution in [0.4, 0.5) is 5.82 Å². The molecule has 2 N–H and O–H groups in total. The molecule has 1 aliphatic heterocycles. The van der Waals surface area contributed by atoms with Gasteiger partial charge in [0.05, 0.1) is 11.3 Å². The highest BCUT2D eigenvalue weighted by molar-refractivity contribution is 5.89. The van der Waals surface area contributed by atoms with Crippen molar-refractivity contribution in [1.82, 2.24) is 4.98 Å². The molecule has 0 aliphatic carbocycles. The third-order valence-electron chi connectivity index (χ3n) is 3.17. The summed E-state index contributed by atoms with van der Waals surface area (Å²) >= 11 is 0. The monoisotopic (exact) mass is 236 g/mol. The molecule has 0 amide bonds. The first-order valence-corrected chi connectivity index (χ1v) is 5.68. The van der Waals surface area contributed by atoms with Crippen LogP contribution >= 0.6 is 0 Å². The second kappa shape index (κ2) is 4.71. The molecule has 1 aliphatic rings. The Hall–Kier alpha value is -1.62. The highest BCUT2D eigenvalue weighted by Gasteiger charge is 2.23. The van der Waals surface area contributed by atoms with Crippen molar-refractivity contribution in [3.8, 4) is 0 Å². The number of pyridine rings is 1. The van der Waals surface area contributed by atoms with Gasteiger partial charge in [-0.1, -0.05) is 0 Å². The van der Waals surface area contributed by atoms with Gasteiger partial charge in [-0.3, -0.25) is 0 Å². The average molecular weight is 236 g/mol. The summed E-state index contributed by atoms with van der Waals surface area (Å²) in [6.45, 7) is 3.55. The minimum atomic E-state index is -0.948. The van der Waals surface area contributed by atoms with Gasteiger partial charge in [-0.05, 0) is 25.5 Å². The summed E-state index contributed by atoms with van der Waals surface area (Å²) in [7, 11) is 0. The molecule has 0 radical (unpaired) electrons. The van der Waals surface area contributed by atoms with Gasteiger partial charge in [0.2, 0.25) is 0 Å². The summed E-state index contributed by atoms with van der Waals surface area (Å²) in [6.07, 6.45) is 0.956. The van der Waals surface area contributed by atoms with Gasteiger partial charge >= 0.3 is 5.97 Å². The normalized spacial score (nSPS) is 19.6. The number of hydrogen-bond acceptors (Lipinski definition) is 4. The summed E-state index contributed by atoms with van der Waals surface area (Å²) in [5.74, 6) is 0.149. The van der Waals surface area contributed by atoms with E-state index in [1.54, 1.807) is 19.1 Å². The van der Waals surface area contributed by atoms with E-state index in [0.29, 0.717) is 11.6 Å². The average Bonchev–Trinajstić information content (AvgIpc) is 2.76. The summed E-state index contributed by atoms with van der Waals surface area (Å²) < 4.78 is 0. The van der Waals surface area contributed by atoms with Crippen molar-refractivity contribution in [2.45, 2.75) is 13.3 Å². The molecule has 5 nitrogen and oxygen atoms in total. The lowest BCUT2D eigenvalue weighted by atomic mass is 10.1. The highest BCUT2D eigenvalue weighted by Crippen LogP contribution is 2.22.